The van der Waals surface area contributed by atoms with Crippen molar-refractivity contribution in [1.82, 2.24) is 0 Å². The highest BCUT2D eigenvalue weighted by Crippen LogP contribution is 2.32. The van der Waals surface area contributed by atoms with E-state index in [1.807, 2.05) is 32.9 Å². The number of carboxylic acids is 1. The Balaban J connectivity index is 2.81. The van der Waals surface area contributed by atoms with Crippen molar-refractivity contribution in [2.75, 3.05) is 0 Å². The first-order valence-electron chi connectivity index (χ1n) is 4.77. The Bertz CT molecular complexity index is 352. The Labute approximate surface area is 98.9 Å². The highest BCUT2D eigenvalue weighted by atomic mass is 35.5. The molecule has 1 atom stereocenters. The second-order valence-corrected chi connectivity index (χ2v) is 6.47. The zero-order chi connectivity index (χ0) is 11.6. The third-order valence-electron chi connectivity index (χ3n) is 2.38. The topological polar surface area (TPSA) is 37.3 Å². The van der Waals surface area contributed by atoms with Crippen molar-refractivity contribution < 1.29 is 9.90 Å². The summed E-state index contributed by atoms with van der Waals surface area (Å²) in [5, 5.41) is 9.15. The fraction of sp³-hybridized carbons (Fsp3) is 0.545. The van der Waals surface area contributed by atoms with Crippen LogP contribution in [-0.2, 0) is 11.2 Å². The molecule has 1 aromatic rings. The van der Waals surface area contributed by atoms with E-state index < -0.39 is 5.97 Å². The van der Waals surface area contributed by atoms with E-state index in [-0.39, 0.29) is 11.3 Å². The lowest BCUT2D eigenvalue weighted by Gasteiger charge is -2.26. The molecule has 1 heterocycles. The SMILES string of the molecule is CC(C)(C)C(Cc1ccc(Cl)s1)C(=O)O. The first kappa shape index (κ1) is 12.5. The van der Waals surface area contributed by atoms with Gasteiger partial charge in [-0.05, 0) is 24.0 Å². The van der Waals surface area contributed by atoms with Crippen molar-refractivity contribution >= 4 is 28.9 Å². The lowest BCUT2D eigenvalue weighted by Crippen LogP contribution is -2.30. The van der Waals surface area contributed by atoms with Gasteiger partial charge in [0.15, 0.2) is 0 Å². The maximum atomic E-state index is 11.1. The maximum absolute atomic E-state index is 11.1. The van der Waals surface area contributed by atoms with Gasteiger partial charge in [0, 0.05) is 4.88 Å². The summed E-state index contributed by atoms with van der Waals surface area (Å²) >= 11 is 7.26. The molecule has 0 saturated carbocycles. The van der Waals surface area contributed by atoms with Crippen LogP contribution in [0.15, 0.2) is 12.1 Å². The number of carboxylic acid groups (broad SMARTS) is 1. The van der Waals surface area contributed by atoms with Crippen molar-refractivity contribution in [2.24, 2.45) is 11.3 Å². The van der Waals surface area contributed by atoms with Crippen LogP contribution in [0.1, 0.15) is 25.6 Å². The second kappa shape index (κ2) is 4.54. The van der Waals surface area contributed by atoms with Crippen molar-refractivity contribution in [2.45, 2.75) is 27.2 Å². The first-order valence-corrected chi connectivity index (χ1v) is 5.97. The Kier molecular flexibility index (Phi) is 3.79. The number of hydrogen-bond donors (Lipinski definition) is 1. The van der Waals surface area contributed by atoms with E-state index in [1.165, 1.54) is 11.3 Å². The van der Waals surface area contributed by atoms with Crippen LogP contribution in [0.3, 0.4) is 0 Å². The quantitative estimate of drug-likeness (QED) is 0.883. The standard InChI is InChI=1S/C11H15ClO2S/c1-11(2,3)8(10(13)14)6-7-4-5-9(12)15-7/h4-5,8H,6H2,1-3H3,(H,13,14). The van der Waals surface area contributed by atoms with Crippen LogP contribution in [0.5, 0.6) is 0 Å². The molecule has 0 fully saturated rings. The fourth-order valence-corrected chi connectivity index (χ4v) is 2.56. The minimum atomic E-state index is -0.743. The van der Waals surface area contributed by atoms with Gasteiger partial charge in [0.1, 0.15) is 0 Å². The van der Waals surface area contributed by atoms with Crippen molar-refractivity contribution in [3.8, 4) is 0 Å². The summed E-state index contributed by atoms with van der Waals surface area (Å²) in [6, 6.07) is 3.71. The lowest BCUT2D eigenvalue weighted by atomic mass is 9.78. The summed E-state index contributed by atoms with van der Waals surface area (Å²) in [5.41, 5.74) is -0.234. The van der Waals surface area contributed by atoms with Crippen LogP contribution in [0.4, 0.5) is 0 Å². The predicted molar refractivity (Wildman–Crippen MR) is 63.6 cm³/mol. The van der Waals surface area contributed by atoms with Gasteiger partial charge in [-0.2, -0.15) is 0 Å². The smallest absolute Gasteiger partial charge is 0.307 e. The Morgan fingerprint density at radius 2 is 2.13 bits per heavy atom. The van der Waals surface area contributed by atoms with Crippen molar-refractivity contribution in [3.63, 3.8) is 0 Å². The summed E-state index contributed by atoms with van der Waals surface area (Å²) in [6.07, 6.45) is 0.552. The molecule has 0 aliphatic heterocycles. The molecule has 0 saturated heterocycles. The number of carbonyl (C=O) groups is 1. The summed E-state index contributed by atoms with van der Waals surface area (Å²) in [4.78, 5) is 12.2. The third-order valence-corrected chi connectivity index (χ3v) is 3.63. The van der Waals surface area contributed by atoms with Gasteiger partial charge >= 0.3 is 5.97 Å². The lowest BCUT2D eigenvalue weighted by molar-refractivity contribution is -0.145. The van der Waals surface area contributed by atoms with E-state index in [4.69, 9.17) is 16.7 Å². The van der Waals surface area contributed by atoms with Crippen LogP contribution < -0.4 is 0 Å². The third kappa shape index (κ3) is 3.50. The van der Waals surface area contributed by atoms with Crippen LogP contribution in [0.2, 0.25) is 4.34 Å². The molecule has 1 rings (SSSR count). The van der Waals surface area contributed by atoms with Gasteiger partial charge in [0.2, 0.25) is 0 Å². The summed E-state index contributed by atoms with van der Waals surface area (Å²) in [7, 11) is 0. The highest BCUT2D eigenvalue weighted by Gasteiger charge is 2.31. The van der Waals surface area contributed by atoms with Gasteiger partial charge < -0.3 is 5.11 Å². The minimum Gasteiger partial charge on any atom is -0.481 e. The van der Waals surface area contributed by atoms with Crippen LogP contribution in [-0.4, -0.2) is 11.1 Å². The molecular formula is C11H15ClO2S. The van der Waals surface area contributed by atoms with Gasteiger partial charge in [-0.1, -0.05) is 32.4 Å². The molecule has 2 nitrogen and oxygen atoms in total. The number of halogens is 1. The van der Waals surface area contributed by atoms with Gasteiger partial charge in [0.05, 0.1) is 10.3 Å². The molecule has 1 unspecified atom stereocenters. The minimum absolute atomic E-state index is 0.234. The molecule has 0 radical (unpaired) electrons. The van der Waals surface area contributed by atoms with E-state index in [1.54, 1.807) is 0 Å². The van der Waals surface area contributed by atoms with Crippen molar-refractivity contribution in [1.29, 1.82) is 0 Å². The summed E-state index contributed by atoms with van der Waals surface area (Å²) < 4.78 is 0.711. The fourth-order valence-electron chi connectivity index (χ4n) is 1.43. The molecule has 0 aliphatic carbocycles. The number of thiophene rings is 1. The van der Waals surface area contributed by atoms with Crippen molar-refractivity contribution in [3.05, 3.63) is 21.3 Å². The molecule has 0 amide bonds. The van der Waals surface area contributed by atoms with E-state index in [2.05, 4.69) is 0 Å². The molecule has 15 heavy (non-hydrogen) atoms. The van der Waals surface area contributed by atoms with Crippen LogP contribution in [0, 0.1) is 11.3 Å². The van der Waals surface area contributed by atoms with Gasteiger partial charge in [0.25, 0.3) is 0 Å². The Morgan fingerprint density at radius 1 is 1.53 bits per heavy atom. The Hall–Kier alpha value is -0.540. The zero-order valence-corrected chi connectivity index (χ0v) is 10.7. The number of hydrogen-bond acceptors (Lipinski definition) is 2. The van der Waals surface area contributed by atoms with E-state index >= 15 is 0 Å². The van der Waals surface area contributed by atoms with E-state index in [9.17, 15) is 4.79 Å². The largest absolute Gasteiger partial charge is 0.481 e. The van der Waals surface area contributed by atoms with Gasteiger partial charge in [-0.15, -0.1) is 11.3 Å². The second-order valence-electron chi connectivity index (χ2n) is 4.67. The van der Waals surface area contributed by atoms with E-state index in [0.717, 1.165) is 4.88 Å². The highest BCUT2D eigenvalue weighted by molar-refractivity contribution is 7.16. The van der Waals surface area contributed by atoms with Crippen LogP contribution >= 0.6 is 22.9 Å². The zero-order valence-electron chi connectivity index (χ0n) is 9.08. The molecule has 1 N–H and O–H groups in total. The Morgan fingerprint density at radius 3 is 2.47 bits per heavy atom. The molecule has 0 aromatic carbocycles. The predicted octanol–water partition coefficient (Wildman–Crippen LogP) is 3.69. The molecule has 84 valence electrons. The number of rotatable bonds is 3. The molecule has 4 heteroatoms. The van der Waals surface area contributed by atoms with Gasteiger partial charge in [-0.3, -0.25) is 4.79 Å². The molecule has 0 spiro atoms. The van der Waals surface area contributed by atoms with Crippen LogP contribution in [0.25, 0.3) is 0 Å². The monoisotopic (exact) mass is 246 g/mol. The number of aliphatic carboxylic acids is 1. The van der Waals surface area contributed by atoms with Gasteiger partial charge in [-0.25, -0.2) is 0 Å². The molecule has 0 bridgehead atoms. The molecule has 1 aromatic heterocycles. The average molecular weight is 247 g/mol. The maximum Gasteiger partial charge on any atom is 0.307 e. The normalized spacial score (nSPS) is 13.9. The summed E-state index contributed by atoms with van der Waals surface area (Å²) in [5.74, 6) is -1.11. The molecular weight excluding hydrogens is 232 g/mol. The first-order chi connectivity index (χ1) is 6.80. The summed E-state index contributed by atoms with van der Waals surface area (Å²) in [6.45, 7) is 5.84. The average Bonchev–Trinajstić information content (AvgIpc) is 2.44. The molecule has 0 aliphatic rings. The van der Waals surface area contributed by atoms with E-state index in [0.29, 0.717) is 10.8 Å².